The van der Waals surface area contributed by atoms with E-state index >= 15 is 0 Å². The number of hydrogen-bond acceptors (Lipinski definition) is 0. The zero-order valence-electron chi connectivity index (χ0n) is 8.73. The Hall–Kier alpha value is -0.820. The first-order chi connectivity index (χ1) is 5.22. The Kier molecular flexibility index (Phi) is 7.86. The fourth-order valence-electron chi connectivity index (χ4n) is 0.898. The average Bonchev–Trinajstić information content (AvgIpc) is 2.04. The molecule has 1 rings (SSSR count). The van der Waals surface area contributed by atoms with E-state index in [1.165, 1.54) is 16.7 Å². The molecule has 1 nitrogen and oxygen atoms in total. The van der Waals surface area contributed by atoms with Crippen LogP contribution in [0.2, 0.25) is 0 Å². The molecule has 0 amide bonds. The highest BCUT2D eigenvalue weighted by Gasteiger charge is 1.91. The molecule has 0 saturated heterocycles. The molecule has 0 unspecified atom stereocenters. The Bertz CT molecular complexity index is 196. The number of hydrogen-bond donors (Lipinski definition) is 0. The van der Waals surface area contributed by atoms with Crippen LogP contribution in [-0.4, -0.2) is 5.48 Å². The van der Waals surface area contributed by atoms with Gasteiger partial charge in [-0.3, -0.25) is 0 Å². The molecule has 0 heterocycles. The second kappa shape index (κ2) is 6.86. The summed E-state index contributed by atoms with van der Waals surface area (Å²) < 4.78 is 0. The Balaban J connectivity index is 0. The van der Waals surface area contributed by atoms with Crippen LogP contribution in [0.5, 0.6) is 0 Å². The standard InChI is InChI=1S/C9H12.C2H6.H2O/c1-7-5-4-6-8(2)9(7)3;1-2;/h4-6H,1-3H3;1-2H3;1H2. The lowest BCUT2D eigenvalue weighted by Crippen LogP contribution is -1.82. The molecule has 0 radical (unpaired) electrons. The third-order valence-corrected chi connectivity index (χ3v) is 1.88. The number of aryl methyl sites for hydroxylation is 2. The maximum atomic E-state index is 2.16. The molecule has 0 aromatic heterocycles. The van der Waals surface area contributed by atoms with Gasteiger partial charge in [-0.15, -0.1) is 0 Å². The fraction of sp³-hybridized carbons (Fsp3) is 0.455. The SMILES string of the molecule is CC.Cc1cccc(C)c1C.O. The van der Waals surface area contributed by atoms with Crippen molar-refractivity contribution in [3.63, 3.8) is 0 Å². The highest BCUT2D eigenvalue weighted by Crippen LogP contribution is 2.09. The molecule has 0 aliphatic rings. The van der Waals surface area contributed by atoms with E-state index in [0.717, 1.165) is 0 Å². The third-order valence-electron chi connectivity index (χ3n) is 1.88. The van der Waals surface area contributed by atoms with Crippen LogP contribution in [0.25, 0.3) is 0 Å². The Morgan fingerprint density at radius 2 is 1.17 bits per heavy atom. The maximum absolute atomic E-state index is 2.16. The molecular formula is C11H20O. The van der Waals surface area contributed by atoms with E-state index in [9.17, 15) is 0 Å². The van der Waals surface area contributed by atoms with Crippen LogP contribution in [0.3, 0.4) is 0 Å². The first kappa shape index (κ1) is 13.7. The lowest BCUT2D eigenvalue weighted by Gasteiger charge is -2.00. The molecule has 1 aromatic carbocycles. The maximum Gasteiger partial charge on any atom is -0.0392 e. The Labute approximate surface area is 75.7 Å². The summed E-state index contributed by atoms with van der Waals surface area (Å²) in [5.41, 5.74) is 4.18. The minimum absolute atomic E-state index is 0. The van der Waals surface area contributed by atoms with Crippen molar-refractivity contribution in [3.05, 3.63) is 34.9 Å². The van der Waals surface area contributed by atoms with Gasteiger partial charge in [0.05, 0.1) is 0 Å². The monoisotopic (exact) mass is 168 g/mol. The van der Waals surface area contributed by atoms with Crippen LogP contribution in [0.1, 0.15) is 30.5 Å². The first-order valence-electron chi connectivity index (χ1n) is 4.24. The van der Waals surface area contributed by atoms with Crippen LogP contribution in [0, 0.1) is 20.8 Å². The summed E-state index contributed by atoms with van der Waals surface area (Å²) >= 11 is 0. The second-order valence-electron chi connectivity index (χ2n) is 2.52. The van der Waals surface area contributed by atoms with Gasteiger partial charge < -0.3 is 5.48 Å². The second-order valence-corrected chi connectivity index (χ2v) is 2.52. The van der Waals surface area contributed by atoms with Gasteiger partial charge in [-0.25, -0.2) is 0 Å². The van der Waals surface area contributed by atoms with E-state index in [-0.39, 0.29) is 5.48 Å². The van der Waals surface area contributed by atoms with Crippen LogP contribution in [-0.2, 0) is 0 Å². The third kappa shape index (κ3) is 3.54. The summed E-state index contributed by atoms with van der Waals surface area (Å²) in [7, 11) is 0. The highest BCUT2D eigenvalue weighted by molar-refractivity contribution is 5.31. The van der Waals surface area contributed by atoms with Gasteiger partial charge in [0.1, 0.15) is 0 Å². The van der Waals surface area contributed by atoms with E-state index in [0.29, 0.717) is 0 Å². The predicted octanol–water partition coefficient (Wildman–Crippen LogP) is 2.81. The zero-order chi connectivity index (χ0) is 8.85. The van der Waals surface area contributed by atoms with Gasteiger partial charge in [0, 0.05) is 0 Å². The molecule has 0 aliphatic heterocycles. The van der Waals surface area contributed by atoms with E-state index < -0.39 is 0 Å². The van der Waals surface area contributed by atoms with Crippen molar-refractivity contribution in [1.82, 2.24) is 0 Å². The summed E-state index contributed by atoms with van der Waals surface area (Å²) in [5, 5.41) is 0. The predicted molar refractivity (Wildman–Crippen MR) is 55.6 cm³/mol. The van der Waals surface area contributed by atoms with Crippen molar-refractivity contribution in [3.8, 4) is 0 Å². The van der Waals surface area contributed by atoms with Gasteiger partial charge >= 0.3 is 0 Å². The lowest BCUT2D eigenvalue weighted by atomic mass is 10.1. The van der Waals surface area contributed by atoms with E-state index in [4.69, 9.17) is 0 Å². The summed E-state index contributed by atoms with van der Waals surface area (Å²) in [6.07, 6.45) is 0. The van der Waals surface area contributed by atoms with E-state index in [2.05, 4.69) is 39.0 Å². The highest BCUT2D eigenvalue weighted by atomic mass is 16.0. The fourth-order valence-corrected chi connectivity index (χ4v) is 0.898. The van der Waals surface area contributed by atoms with E-state index in [1.807, 2.05) is 13.8 Å². The van der Waals surface area contributed by atoms with E-state index in [1.54, 1.807) is 0 Å². The smallest absolute Gasteiger partial charge is 0.0392 e. The topological polar surface area (TPSA) is 31.5 Å². The first-order valence-corrected chi connectivity index (χ1v) is 4.24. The molecule has 0 atom stereocenters. The van der Waals surface area contributed by atoms with Crippen molar-refractivity contribution < 1.29 is 5.48 Å². The molecule has 0 spiro atoms. The van der Waals surface area contributed by atoms with Gasteiger partial charge in [-0.1, -0.05) is 32.0 Å². The van der Waals surface area contributed by atoms with Crippen LogP contribution >= 0.6 is 0 Å². The van der Waals surface area contributed by atoms with Crippen LogP contribution < -0.4 is 0 Å². The lowest BCUT2D eigenvalue weighted by molar-refractivity contribution is 0.824. The van der Waals surface area contributed by atoms with Crippen molar-refractivity contribution in [2.45, 2.75) is 34.6 Å². The van der Waals surface area contributed by atoms with Gasteiger partial charge in [0.25, 0.3) is 0 Å². The largest absolute Gasteiger partial charge is 0.412 e. The van der Waals surface area contributed by atoms with Crippen molar-refractivity contribution in [2.75, 3.05) is 0 Å². The summed E-state index contributed by atoms with van der Waals surface area (Å²) in [4.78, 5) is 0. The molecule has 70 valence electrons. The Morgan fingerprint density at radius 3 is 1.42 bits per heavy atom. The van der Waals surface area contributed by atoms with Gasteiger partial charge in [0.2, 0.25) is 0 Å². The summed E-state index contributed by atoms with van der Waals surface area (Å²) in [6.45, 7) is 10.4. The summed E-state index contributed by atoms with van der Waals surface area (Å²) in [6, 6.07) is 6.38. The molecule has 12 heavy (non-hydrogen) atoms. The zero-order valence-corrected chi connectivity index (χ0v) is 8.73. The average molecular weight is 168 g/mol. The molecule has 0 saturated carbocycles. The molecule has 1 aromatic rings. The molecular weight excluding hydrogens is 148 g/mol. The van der Waals surface area contributed by atoms with Crippen LogP contribution in [0.4, 0.5) is 0 Å². The van der Waals surface area contributed by atoms with Crippen molar-refractivity contribution in [2.24, 2.45) is 0 Å². The number of benzene rings is 1. The molecule has 0 fully saturated rings. The van der Waals surface area contributed by atoms with Crippen molar-refractivity contribution in [1.29, 1.82) is 0 Å². The molecule has 0 bridgehead atoms. The van der Waals surface area contributed by atoms with Gasteiger partial charge in [0.15, 0.2) is 0 Å². The number of rotatable bonds is 0. The van der Waals surface area contributed by atoms with Gasteiger partial charge in [-0.2, -0.15) is 0 Å². The minimum Gasteiger partial charge on any atom is -0.412 e. The van der Waals surface area contributed by atoms with Gasteiger partial charge in [-0.05, 0) is 37.5 Å². The molecule has 0 aliphatic carbocycles. The quantitative estimate of drug-likeness (QED) is 0.570. The summed E-state index contributed by atoms with van der Waals surface area (Å²) in [5.74, 6) is 0. The molecule has 1 heteroatoms. The minimum atomic E-state index is 0. The van der Waals surface area contributed by atoms with Crippen molar-refractivity contribution >= 4 is 0 Å². The molecule has 2 N–H and O–H groups in total. The Morgan fingerprint density at radius 1 is 0.833 bits per heavy atom. The van der Waals surface area contributed by atoms with Crippen LogP contribution in [0.15, 0.2) is 18.2 Å². The normalized spacial score (nSPS) is 7.75.